The predicted molar refractivity (Wildman–Crippen MR) is 86.9 cm³/mol. The van der Waals surface area contributed by atoms with Gasteiger partial charge in [-0.3, -0.25) is 4.57 Å². The van der Waals surface area contributed by atoms with E-state index < -0.39 is 24.6 Å². The van der Waals surface area contributed by atoms with Crippen LogP contribution in [0.3, 0.4) is 0 Å². The van der Waals surface area contributed by atoms with Crippen molar-refractivity contribution in [1.29, 1.82) is 0 Å². The van der Waals surface area contributed by atoms with E-state index in [1.807, 2.05) is 0 Å². The van der Waals surface area contributed by atoms with Crippen LogP contribution in [0.15, 0.2) is 36.7 Å². The molecule has 2 atom stereocenters. The minimum Gasteiger partial charge on any atom is -0.457 e. The molecule has 0 saturated carbocycles. The van der Waals surface area contributed by atoms with E-state index in [1.165, 1.54) is 10.9 Å². The first-order valence-electron chi connectivity index (χ1n) is 7.66. The lowest BCUT2D eigenvalue weighted by molar-refractivity contribution is -0.102. The Morgan fingerprint density at radius 3 is 2.96 bits per heavy atom. The van der Waals surface area contributed by atoms with Crippen molar-refractivity contribution in [2.75, 3.05) is 13.2 Å². The number of rotatable bonds is 4. The van der Waals surface area contributed by atoms with Gasteiger partial charge in [0.25, 0.3) is 0 Å². The van der Waals surface area contributed by atoms with Crippen LogP contribution in [0.5, 0.6) is 0 Å². The second-order valence-electron chi connectivity index (χ2n) is 5.43. The summed E-state index contributed by atoms with van der Waals surface area (Å²) >= 11 is 5.86. The predicted octanol–water partition coefficient (Wildman–Crippen LogP) is 2.35. The maximum Gasteiger partial charge on any atom is 0.338 e. The third kappa shape index (κ3) is 3.24. The minimum absolute atomic E-state index is 0.0824. The fourth-order valence-electron chi connectivity index (χ4n) is 2.55. The van der Waals surface area contributed by atoms with E-state index in [0.717, 1.165) is 0 Å². The molecule has 1 fully saturated rings. The first-order chi connectivity index (χ1) is 12.6. The maximum absolute atomic E-state index is 13.4. The summed E-state index contributed by atoms with van der Waals surface area (Å²) in [6, 6.07) is 8.59. The van der Waals surface area contributed by atoms with Crippen LogP contribution in [-0.4, -0.2) is 45.0 Å². The molecule has 0 N–H and O–H groups in total. The Kier molecular flexibility index (Phi) is 4.49. The Hall–Kier alpha value is -2.62. The number of hydrogen-bond donors (Lipinski definition) is 0. The number of halogens is 2. The molecule has 8 nitrogen and oxygen atoms in total. The fourth-order valence-corrected chi connectivity index (χ4v) is 2.75. The molecule has 0 amide bonds. The van der Waals surface area contributed by atoms with E-state index in [4.69, 9.17) is 25.8 Å². The number of hydrogen-bond acceptors (Lipinski definition) is 7. The molecular formula is C16H12ClFN4O4. The Morgan fingerprint density at radius 1 is 1.35 bits per heavy atom. The van der Waals surface area contributed by atoms with Gasteiger partial charge in [0.05, 0.1) is 18.5 Å². The van der Waals surface area contributed by atoms with Crippen LogP contribution in [0.1, 0.15) is 16.6 Å². The summed E-state index contributed by atoms with van der Waals surface area (Å²) < 4.78 is 31.2. The second kappa shape index (κ2) is 6.94. The quantitative estimate of drug-likeness (QED) is 0.391. The smallest absolute Gasteiger partial charge is 0.338 e. The first kappa shape index (κ1) is 16.8. The Bertz CT molecular complexity index is 952. The topological polar surface area (TPSA) is 88.4 Å². The SMILES string of the molecule is O=C(OC[C@H]1OC[C@H](n2cnc3c(Cl)nc(F)nc32)O1)c1ccccc1. The lowest BCUT2D eigenvalue weighted by Gasteiger charge is -2.13. The summed E-state index contributed by atoms with van der Waals surface area (Å²) in [5.41, 5.74) is 0.887. The van der Waals surface area contributed by atoms with Gasteiger partial charge in [-0.1, -0.05) is 29.8 Å². The molecule has 1 aromatic carbocycles. The van der Waals surface area contributed by atoms with Gasteiger partial charge in [-0.05, 0) is 12.1 Å². The summed E-state index contributed by atoms with van der Waals surface area (Å²) in [6.45, 7) is 0.0726. The highest BCUT2D eigenvalue weighted by Crippen LogP contribution is 2.27. The Labute approximate surface area is 151 Å². The summed E-state index contributed by atoms with van der Waals surface area (Å²) in [7, 11) is 0. The normalized spacial score (nSPS) is 19.8. The van der Waals surface area contributed by atoms with Gasteiger partial charge in [0.1, 0.15) is 12.1 Å². The maximum atomic E-state index is 13.4. The van der Waals surface area contributed by atoms with E-state index in [2.05, 4.69) is 15.0 Å². The third-order valence-electron chi connectivity index (χ3n) is 3.76. The molecule has 0 unspecified atom stereocenters. The van der Waals surface area contributed by atoms with E-state index in [1.54, 1.807) is 30.3 Å². The third-order valence-corrected chi connectivity index (χ3v) is 4.02. The summed E-state index contributed by atoms with van der Waals surface area (Å²) in [6.07, 6.45) is -0.911. The van der Waals surface area contributed by atoms with Crippen molar-refractivity contribution in [3.05, 3.63) is 53.5 Å². The zero-order valence-corrected chi connectivity index (χ0v) is 14.0. The molecule has 2 aromatic heterocycles. The Balaban J connectivity index is 1.42. The van der Waals surface area contributed by atoms with Crippen LogP contribution >= 0.6 is 11.6 Å². The van der Waals surface area contributed by atoms with Crippen LogP contribution in [-0.2, 0) is 14.2 Å². The van der Waals surface area contributed by atoms with Gasteiger partial charge in [0.15, 0.2) is 23.3 Å². The molecule has 1 aliphatic rings. The van der Waals surface area contributed by atoms with Crippen molar-refractivity contribution in [2.45, 2.75) is 12.5 Å². The van der Waals surface area contributed by atoms with E-state index in [0.29, 0.717) is 5.56 Å². The molecule has 3 heterocycles. The molecule has 1 aliphatic heterocycles. The van der Waals surface area contributed by atoms with Gasteiger partial charge in [0, 0.05) is 0 Å². The summed E-state index contributed by atoms with van der Waals surface area (Å²) in [4.78, 5) is 23.1. The first-order valence-corrected chi connectivity index (χ1v) is 8.04. The average molecular weight is 379 g/mol. The van der Waals surface area contributed by atoms with Crippen LogP contribution in [0, 0.1) is 6.08 Å². The Morgan fingerprint density at radius 2 is 2.15 bits per heavy atom. The van der Waals surface area contributed by atoms with Crippen molar-refractivity contribution < 1.29 is 23.4 Å². The molecule has 0 spiro atoms. The highest BCUT2D eigenvalue weighted by Gasteiger charge is 2.30. The molecule has 134 valence electrons. The van der Waals surface area contributed by atoms with E-state index in [-0.39, 0.29) is 29.5 Å². The van der Waals surface area contributed by atoms with Crippen molar-refractivity contribution in [3.63, 3.8) is 0 Å². The molecule has 1 saturated heterocycles. The number of aromatic nitrogens is 4. The van der Waals surface area contributed by atoms with Gasteiger partial charge in [-0.15, -0.1) is 0 Å². The number of benzene rings is 1. The van der Waals surface area contributed by atoms with E-state index >= 15 is 0 Å². The lowest BCUT2D eigenvalue weighted by atomic mass is 10.2. The number of carbonyl (C=O) groups excluding carboxylic acids is 1. The van der Waals surface area contributed by atoms with Crippen LogP contribution in [0.25, 0.3) is 11.2 Å². The van der Waals surface area contributed by atoms with Crippen molar-refractivity contribution in [1.82, 2.24) is 19.5 Å². The fraction of sp³-hybridized carbons (Fsp3) is 0.250. The molecule has 4 rings (SSSR count). The number of nitrogens with zero attached hydrogens (tertiary/aromatic N) is 4. The number of ether oxygens (including phenoxy) is 3. The van der Waals surface area contributed by atoms with Crippen molar-refractivity contribution in [2.24, 2.45) is 0 Å². The van der Waals surface area contributed by atoms with Gasteiger partial charge >= 0.3 is 12.0 Å². The van der Waals surface area contributed by atoms with E-state index in [9.17, 15) is 9.18 Å². The van der Waals surface area contributed by atoms with Crippen LogP contribution in [0.4, 0.5) is 4.39 Å². The zero-order chi connectivity index (χ0) is 18.1. The molecular weight excluding hydrogens is 367 g/mol. The highest BCUT2D eigenvalue weighted by atomic mass is 35.5. The average Bonchev–Trinajstić information content (AvgIpc) is 3.27. The number of fused-ring (bicyclic) bond motifs is 1. The van der Waals surface area contributed by atoms with Crippen LogP contribution < -0.4 is 0 Å². The van der Waals surface area contributed by atoms with Crippen LogP contribution in [0.2, 0.25) is 5.15 Å². The number of carbonyl (C=O) groups is 1. The van der Waals surface area contributed by atoms with Gasteiger partial charge < -0.3 is 14.2 Å². The van der Waals surface area contributed by atoms with Gasteiger partial charge in [-0.25, -0.2) is 9.78 Å². The highest BCUT2D eigenvalue weighted by molar-refractivity contribution is 6.33. The molecule has 0 bridgehead atoms. The molecule has 0 radical (unpaired) electrons. The van der Waals surface area contributed by atoms with Crippen molar-refractivity contribution >= 4 is 28.7 Å². The van der Waals surface area contributed by atoms with Gasteiger partial charge in [-0.2, -0.15) is 14.4 Å². The molecule has 10 heteroatoms. The van der Waals surface area contributed by atoms with Gasteiger partial charge in [0.2, 0.25) is 0 Å². The summed E-state index contributed by atoms with van der Waals surface area (Å²) in [5.74, 6) is -0.476. The zero-order valence-electron chi connectivity index (χ0n) is 13.2. The largest absolute Gasteiger partial charge is 0.457 e. The number of esters is 1. The molecule has 0 aliphatic carbocycles. The molecule has 26 heavy (non-hydrogen) atoms. The molecule has 3 aromatic rings. The second-order valence-corrected chi connectivity index (χ2v) is 5.78. The van der Waals surface area contributed by atoms with Crippen molar-refractivity contribution in [3.8, 4) is 0 Å². The lowest BCUT2D eigenvalue weighted by Crippen LogP contribution is -2.20. The minimum atomic E-state index is -0.962. The summed E-state index contributed by atoms with van der Waals surface area (Å²) in [5, 5.41) is -0.0847. The number of imidazole rings is 1. The standard InChI is InChI=1S/C16H12ClFN4O4/c17-13-12-14(21-16(18)20-13)22(8-19-12)10-6-24-11(26-10)7-25-15(23)9-4-2-1-3-5-9/h1-5,8,10-11H,6-7H2/t10-,11+/m1/s1. The monoisotopic (exact) mass is 378 g/mol.